The maximum absolute atomic E-state index is 12.7. The lowest BCUT2D eigenvalue weighted by Crippen LogP contribution is -2.42. The van der Waals surface area contributed by atoms with Crippen LogP contribution in [0.1, 0.15) is 37.0 Å². The van der Waals surface area contributed by atoms with Crippen LogP contribution in [0.15, 0.2) is 30.3 Å². The minimum Gasteiger partial charge on any atom is -0.497 e. The fraction of sp³-hybridized carbons (Fsp3) is 0.444. The molecule has 0 fully saturated rings. The van der Waals surface area contributed by atoms with Gasteiger partial charge in [-0.1, -0.05) is 0 Å². The van der Waals surface area contributed by atoms with Gasteiger partial charge in [-0.15, -0.1) is 0 Å². The Hall–Kier alpha value is -2.34. The molecular formula is C18H25N3O3. The van der Waals surface area contributed by atoms with Gasteiger partial charge in [0.15, 0.2) is 5.69 Å². The third kappa shape index (κ3) is 4.14. The number of rotatable bonds is 6. The number of carbonyl (C=O) groups excluding carboxylic acids is 1. The maximum Gasteiger partial charge on any atom is 0.274 e. The Labute approximate surface area is 142 Å². The van der Waals surface area contributed by atoms with Crippen LogP contribution in [0, 0.1) is 6.92 Å². The highest BCUT2D eigenvalue weighted by atomic mass is 16.5. The third-order valence-corrected chi connectivity index (χ3v) is 3.67. The summed E-state index contributed by atoms with van der Waals surface area (Å²) in [6, 6.07) is 9.25. The van der Waals surface area contributed by atoms with E-state index in [1.807, 2.05) is 38.1 Å². The molecule has 6 heteroatoms. The monoisotopic (exact) mass is 331 g/mol. The van der Waals surface area contributed by atoms with Crippen LogP contribution in [0.5, 0.6) is 5.75 Å². The van der Waals surface area contributed by atoms with E-state index in [0.717, 1.165) is 17.1 Å². The van der Waals surface area contributed by atoms with E-state index in [4.69, 9.17) is 4.74 Å². The van der Waals surface area contributed by atoms with Crippen molar-refractivity contribution in [3.05, 3.63) is 41.7 Å². The summed E-state index contributed by atoms with van der Waals surface area (Å²) in [4.78, 5) is 14.3. The predicted molar refractivity (Wildman–Crippen MR) is 92.7 cm³/mol. The number of aryl methyl sites for hydroxylation is 1. The normalized spacial score (nSPS) is 11.4. The summed E-state index contributed by atoms with van der Waals surface area (Å²) in [5, 5.41) is 14.4. The molecule has 0 saturated heterocycles. The molecule has 1 amide bonds. The first-order chi connectivity index (χ1) is 11.2. The van der Waals surface area contributed by atoms with Crippen molar-refractivity contribution >= 4 is 5.91 Å². The molecule has 1 N–H and O–H groups in total. The summed E-state index contributed by atoms with van der Waals surface area (Å²) in [6.07, 6.45) is 0. The van der Waals surface area contributed by atoms with Crippen LogP contribution in [0.4, 0.5) is 0 Å². The number of methoxy groups -OCH3 is 1. The van der Waals surface area contributed by atoms with Crippen LogP contribution in [-0.4, -0.2) is 51.5 Å². The van der Waals surface area contributed by atoms with Gasteiger partial charge in [0.2, 0.25) is 0 Å². The average molecular weight is 331 g/mol. The first-order valence-electron chi connectivity index (χ1n) is 7.98. The molecule has 2 aromatic rings. The van der Waals surface area contributed by atoms with Crippen molar-refractivity contribution in [2.45, 2.75) is 33.3 Å². The van der Waals surface area contributed by atoms with Gasteiger partial charge in [0.05, 0.1) is 18.4 Å². The highest BCUT2D eigenvalue weighted by Crippen LogP contribution is 2.18. The number of likely N-dealkylation sites (N-methyl/N-ethyl adjacent to an activating group) is 1. The number of hydrogen-bond donors (Lipinski definition) is 1. The molecule has 0 spiro atoms. The van der Waals surface area contributed by atoms with Gasteiger partial charge in [-0.05, 0) is 58.0 Å². The highest BCUT2D eigenvalue weighted by Gasteiger charge is 2.24. The molecule has 0 aliphatic carbocycles. The number of aromatic nitrogens is 2. The lowest BCUT2D eigenvalue weighted by atomic mass is 10.1. The molecule has 1 heterocycles. The second-order valence-electron chi connectivity index (χ2n) is 6.41. The van der Waals surface area contributed by atoms with Crippen LogP contribution < -0.4 is 4.74 Å². The summed E-state index contributed by atoms with van der Waals surface area (Å²) >= 11 is 0. The van der Waals surface area contributed by atoms with E-state index in [2.05, 4.69) is 5.10 Å². The van der Waals surface area contributed by atoms with Gasteiger partial charge in [-0.3, -0.25) is 4.79 Å². The van der Waals surface area contributed by atoms with E-state index < -0.39 is 5.60 Å². The fourth-order valence-electron chi connectivity index (χ4n) is 2.52. The summed E-state index contributed by atoms with van der Waals surface area (Å²) in [5.41, 5.74) is 1.15. The molecule has 0 bridgehead atoms. The molecule has 0 saturated carbocycles. The summed E-state index contributed by atoms with van der Waals surface area (Å²) < 4.78 is 6.88. The molecule has 0 unspecified atom stereocenters. The Morgan fingerprint density at radius 1 is 1.33 bits per heavy atom. The van der Waals surface area contributed by atoms with E-state index in [9.17, 15) is 9.90 Å². The third-order valence-electron chi connectivity index (χ3n) is 3.67. The van der Waals surface area contributed by atoms with Gasteiger partial charge >= 0.3 is 0 Å². The highest BCUT2D eigenvalue weighted by molar-refractivity contribution is 5.92. The van der Waals surface area contributed by atoms with E-state index in [1.54, 1.807) is 36.6 Å². The molecule has 0 radical (unpaired) electrons. The largest absolute Gasteiger partial charge is 0.497 e. The Bertz CT molecular complexity index is 699. The van der Waals surface area contributed by atoms with Gasteiger partial charge < -0.3 is 14.7 Å². The van der Waals surface area contributed by atoms with Crippen LogP contribution >= 0.6 is 0 Å². The molecule has 0 atom stereocenters. The molecule has 0 aliphatic heterocycles. The second-order valence-corrected chi connectivity index (χ2v) is 6.41. The van der Waals surface area contributed by atoms with Gasteiger partial charge in [-0.25, -0.2) is 4.68 Å². The van der Waals surface area contributed by atoms with Crippen LogP contribution in [0.25, 0.3) is 5.69 Å². The zero-order valence-electron chi connectivity index (χ0n) is 14.9. The van der Waals surface area contributed by atoms with Crippen LogP contribution in [0.3, 0.4) is 0 Å². The summed E-state index contributed by atoms with van der Waals surface area (Å²) in [5.74, 6) is 0.581. The van der Waals surface area contributed by atoms with E-state index >= 15 is 0 Å². The molecular weight excluding hydrogens is 306 g/mol. The van der Waals surface area contributed by atoms with Gasteiger partial charge in [0, 0.05) is 18.8 Å². The van der Waals surface area contributed by atoms with Crippen LogP contribution in [-0.2, 0) is 0 Å². The molecule has 1 aromatic heterocycles. The Balaban J connectivity index is 2.27. The minimum atomic E-state index is -0.945. The number of aliphatic hydroxyl groups is 1. The van der Waals surface area contributed by atoms with E-state index in [1.165, 1.54) is 0 Å². The Kier molecular flexibility index (Phi) is 5.29. The first kappa shape index (κ1) is 18.0. The number of hydrogen-bond acceptors (Lipinski definition) is 4. The Morgan fingerprint density at radius 3 is 2.46 bits per heavy atom. The Morgan fingerprint density at radius 2 is 1.96 bits per heavy atom. The zero-order valence-corrected chi connectivity index (χ0v) is 14.9. The lowest BCUT2D eigenvalue weighted by Gasteiger charge is -2.27. The number of carbonyl (C=O) groups is 1. The molecule has 6 nitrogen and oxygen atoms in total. The molecule has 1 aromatic carbocycles. The summed E-state index contributed by atoms with van der Waals surface area (Å²) in [7, 11) is 1.62. The smallest absolute Gasteiger partial charge is 0.274 e. The van der Waals surface area contributed by atoms with Crippen molar-refractivity contribution in [2.24, 2.45) is 0 Å². The summed E-state index contributed by atoms with van der Waals surface area (Å²) in [6.45, 7) is 7.93. The number of nitrogens with zero attached hydrogens (tertiary/aromatic N) is 3. The van der Waals surface area contributed by atoms with Crippen molar-refractivity contribution in [1.82, 2.24) is 14.7 Å². The minimum absolute atomic E-state index is 0.185. The predicted octanol–water partition coefficient (Wildman–Crippen LogP) is 2.42. The van der Waals surface area contributed by atoms with Crippen molar-refractivity contribution in [3.8, 4) is 11.4 Å². The zero-order chi connectivity index (χ0) is 17.9. The lowest BCUT2D eigenvalue weighted by molar-refractivity contribution is 0.0311. The number of benzene rings is 1. The topological polar surface area (TPSA) is 67.6 Å². The first-order valence-corrected chi connectivity index (χ1v) is 7.98. The standard InChI is InChI=1S/C18H25N3O3/c1-6-20(12-18(3,4)23)17(22)16-11-13(2)21(19-16)14-7-9-15(24-5)10-8-14/h7-11,23H,6,12H2,1-5H3. The van der Waals surface area contributed by atoms with Gasteiger partial charge in [-0.2, -0.15) is 5.10 Å². The number of amides is 1. The fourth-order valence-corrected chi connectivity index (χ4v) is 2.52. The quantitative estimate of drug-likeness (QED) is 0.883. The van der Waals surface area contributed by atoms with Gasteiger partial charge in [0.1, 0.15) is 5.75 Å². The maximum atomic E-state index is 12.7. The van der Waals surface area contributed by atoms with Gasteiger partial charge in [0.25, 0.3) is 5.91 Å². The van der Waals surface area contributed by atoms with Crippen LogP contribution in [0.2, 0.25) is 0 Å². The van der Waals surface area contributed by atoms with E-state index in [0.29, 0.717) is 12.2 Å². The molecule has 2 rings (SSSR count). The van der Waals surface area contributed by atoms with E-state index in [-0.39, 0.29) is 12.5 Å². The molecule has 0 aliphatic rings. The number of ether oxygens (including phenoxy) is 1. The SMILES string of the molecule is CCN(CC(C)(C)O)C(=O)c1cc(C)n(-c2ccc(OC)cc2)n1. The molecule has 24 heavy (non-hydrogen) atoms. The molecule has 130 valence electrons. The second kappa shape index (κ2) is 7.05. The van der Waals surface area contributed by atoms with Crippen molar-refractivity contribution < 1.29 is 14.6 Å². The van der Waals surface area contributed by atoms with Crippen molar-refractivity contribution in [2.75, 3.05) is 20.2 Å². The van der Waals surface area contributed by atoms with Crippen molar-refractivity contribution in [3.63, 3.8) is 0 Å². The van der Waals surface area contributed by atoms with Crippen molar-refractivity contribution in [1.29, 1.82) is 0 Å². The average Bonchev–Trinajstić information content (AvgIpc) is 2.93.